The first kappa shape index (κ1) is 19.1. The minimum Gasteiger partial charge on any atom is -0.303 e. The molecule has 1 aromatic carbocycles. The van der Waals surface area contributed by atoms with Gasteiger partial charge in [-0.05, 0) is 35.8 Å². The van der Waals surface area contributed by atoms with E-state index < -0.39 is 0 Å². The van der Waals surface area contributed by atoms with Crippen LogP contribution in [0.15, 0.2) is 47.8 Å². The number of hydrogen-bond donors (Lipinski definition) is 0. The van der Waals surface area contributed by atoms with Crippen LogP contribution in [0.3, 0.4) is 0 Å². The zero-order chi connectivity index (χ0) is 18.4. The van der Waals surface area contributed by atoms with Gasteiger partial charge in [-0.1, -0.05) is 43.3 Å². The molecule has 2 atom stereocenters. The summed E-state index contributed by atoms with van der Waals surface area (Å²) in [5.41, 5.74) is 1.08. The summed E-state index contributed by atoms with van der Waals surface area (Å²) >= 11 is 1.83. The molecule has 140 valence electrons. The van der Waals surface area contributed by atoms with E-state index in [1.54, 1.807) is 12.0 Å². The predicted octanol–water partition coefficient (Wildman–Crippen LogP) is 3.98. The van der Waals surface area contributed by atoms with E-state index in [0.717, 1.165) is 38.0 Å². The number of rotatable bonds is 7. The highest BCUT2D eigenvalue weighted by atomic mass is 32.1. The zero-order valence-electron chi connectivity index (χ0n) is 15.6. The van der Waals surface area contributed by atoms with Crippen molar-refractivity contribution in [3.63, 3.8) is 0 Å². The topological polar surface area (TPSA) is 32.8 Å². The van der Waals surface area contributed by atoms with Crippen molar-refractivity contribution in [1.82, 2.24) is 9.96 Å². The largest absolute Gasteiger partial charge is 0.303 e. The molecular formula is C21H28N2O2S. The average Bonchev–Trinajstić information content (AvgIpc) is 3.16. The van der Waals surface area contributed by atoms with E-state index in [1.807, 2.05) is 41.7 Å². The first-order valence-corrected chi connectivity index (χ1v) is 10.2. The first-order valence-electron chi connectivity index (χ1n) is 9.35. The molecule has 1 fully saturated rings. The van der Waals surface area contributed by atoms with Gasteiger partial charge in [0.1, 0.15) is 6.61 Å². The van der Waals surface area contributed by atoms with Crippen LogP contribution < -0.4 is 0 Å². The van der Waals surface area contributed by atoms with Crippen LogP contribution in [0.4, 0.5) is 0 Å². The number of carbonyl (C=O) groups is 1. The van der Waals surface area contributed by atoms with E-state index in [4.69, 9.17) is 4.84 Å². The van der Waals surface area contributed by atoms with E-state index in [-0.39, 0.29) is 11.9 Å². The molecule has 0 unspecified atom stereocenters. The van der Waals surface area contributed by atoms with Crippen molar-refractivity contribution in [3.8, 4) is 0 Å². The Labute approximate surface area is 160 Å². The van der Waals surface area contributed by atoms with Gasteiger partial charge >= 0.3 is 0 Å². The van der Waals surface area contributed by atoms with E-state index in [1.165, 1.54) is 4.88 Å². The van der Waals surface area contributed by atoms with Crippen LogP contribution >= 0.6 is 11.3 Å². The molecular weight excluding hydrogens is 344 g/mol. The minimum absolute atomic E-state index is 0.00943. The highest BCUT2D eigenvalue weighted by molar-refractivity contribution is 7.09. The van der Waals surface area contributed by atoms with E-state index >= 15 is 0 Å². The Hall–Kier alpha value is -1.69. The number of hydrogen-bond acceptors (Lipinski definition) is 4. The lowest BCUT2D eigenvalue weighted by molar-refractivity contribution is -0.214. The average molecular weight is 373 g/mol. The van der Waals surface area contributed by atoms with Crippen molar-refractivity contribution in [1.29, 1.82) is 0 Å². The molecule has 1 aromatic heterocycles. The summed E-state index contributed by atoms with van der Waals surface area (Å²) in [6, 6.07) is 14.5. The first-order chi connectivity index (χ1) is 12.6. The fourth-order valence-corrected chi connectivity index (χ4v) is 4.33. The second-order valence-corrected chi connectivity index (χ2v) is 8.10. The molecule has 3 rings (SSSR count). The Morgan fingerprint density at radius 2 is 2.08 bits per heavy atom. The van der Waals surface area contributed by atoms with Gasteiger partial charge in [-0.25, -0.2) is 5.06 Å². The summed E-state index contributed by atoms with van der Waals surface area (Å²) < 4.78 is 0. The summed E-state index contributed by atoms with van der Waals surface area (Å²) in [4.78, 5) is 22.0. The van der Waals surface area contributed by atoms with Gasteiger partial charge < -0.3 is 4.90 Å². The molecule has 0 bridgehead atoms. The Morgan fingerprint density at radius 1 is 1.27 bits per heavy atom. The minimum atomic E-state index is -0.00943. The molecule has 0 spiro atoms. The molecule has 1 saturated heterocycles. The Morgan fingerprint density at radius 3 is 2.73 bits per heavy atom. The number of carbonyl (C=O) groups excluding carboxylic acids is 1. The number of hydroxylamine groups is 2. The molecule has 0 radical (unpaired) electrons. The van der Waals surface area contributed by atoms with Gasteiger partial charge in [0.15, 0.2) is 0 Å². The Balaban J connectivity index is 1.52. The van der Waals surface area contributed by atoms with Gasteiger partial charge in [-0.15, -0.1) is 11.3 Å². The SMILES string of the molecule is CC(=O)N(OCc1ccccc1)[C@H]1CCN(CCc2cccs2)C[C@H]1C. The fourth-order valence-electron chi connectivity index (χ4n) is 3.63. The number of piperidine rings is 1. The standard InChI is InChI=1S/C21H28N2O2S/c1-17-15-22(12-10-20-9-6-14-26-20)13-11-21(17)23(18(2)24)25-16-19-7-4-3-5-8-19/h3-9,14,17,21H,10-13,15-16H2,1-2H3/t17-,21+/m1/s1. The summed E-state index contributed by atoms with van der Waals surface area (Å²) in [5, 5.41) is 3.76. The third-order valence-corrected chi connectivity index (χ3v) is 5.96. The van der Waals surface area contributed by atoms with Gasteiger partial charge in [-0.3, -0.25) is 9.63 Å². The quantitative estimate of drug-likeness (QED) is 0.689. The van der Waals surface area contributed by atoms with Crippen LogP contribution in [0.2, 0.25) is 0 Å². The van der Waals surface area contributed by atoms with E-state index in [0.29, 0.717) is 12.5 Å². The monoisotopic (exact) mass is 372 g/mol. The number of amides is 1. The van der Waals surface area contributed by atoms with Gasteiger partial charge in [0.25, 0.3) is 0 Å². The molecule has 26 heavy (non-hydrogen) atoms. The maximum absolute atomic E-state index is 12.2. The predicted molar refractivity (Wildman–Crippen MR) is 106 cm³/mol. The summed E-state index contributed by atoms with van der Waals surface area (Å²) in [5.74, 6) is 0.386. The molecule has 1 amide bonds. The Bertz CT molecular complexity index is 675. The van der Waals surface area contributed by atoms with Gasteiger partial charge in [-0.2, -0.15) is 0 Å². The number of thiophene rings is 1. The number of likely N-dealkylation sites (tertiary alicyclic amines) is 1. The third kappa shape index (κ3) is 5.16. The van der Waals surface area contributed by atoms with Crippen LogP contribution in [0.25, 0.3) is 0 Å². The van der Waals surface area contributed by atoms with Crippen molar-refractivity contribution in [2.24, 2.45) is 5.92 Å². The molecule has 0 saturated carbocycles. The fraction of sp³-hybridized carbons (Fsp3) is 0.476. The Kier molecular flexibility index (Phi) is 6.83. The summed E-state index contributed by atoms with van der Waals surface area (Å²) in [6.07, 6.45) is 2.07. The normalized spacial score (nSPS) is 20.8. The van der Waals surface area contributed by atoms with Gasteiger partial charge in [0.05, 0.1) is 6.04 Å². The highest BCUT2D eigenvalue weighted by Gasteiger charge is 2.32. The second kappa shape index (κ2) is 9.31. The smallest absolute Gasteiger partial charge is 0.243 e. The molecule has 0 aliphatic carbocycles. The summed E-state index contributed by atoms with van der Waals surface area (Å²) in [7, 11) is 0. The lowest BCUT2D eigenvalue weighted by atomic mass is 9.93. The van der Waals surface area contributed by atoms with Crippen molar-refractivity contribution in [2.45, 2.75) is 39.3 Å². The number of benzene rings is 1. The lowest BCUT2D eigenvalue weighted by Crippen LogP contribution is -2.51. The second-order valence-electron chi connectivity index (χ2n) is 7.07. The molecule has 0 N–H and O–H groups in total. The van der Waals surface area contributed by atoms with Crippen LogP contribution in [0.1, 0.15) is 30.7 Å². The van der Waals surface area contributed by atoms with Crippen molar-refractivity contribution in [2.75, 3.05) is 19.6 Å². The van der Waals surface area contributed by atoms with Crippen LogP contribution in [-0.4, -0.2) is 41.5 Å². The number of nitrogens with zero attached hydrogens (tertiary/aromatic N) is 2. The summed E-state index contributed by atoms with van der Waals surface area (Å²) in [6.45, 7) is 7.37. The molecule has 1 aliphatic rings. The maximum Gasteiger partial charge on any atom is 0.243 e. The van der Waals surface area contributed by atoms with Crippen molar-refractivity contribution < 1.29 is 9.63 Å². The van der Waals surface area contributed by atoms with Crippen LogP contribution in [0, 0.1) is 5.92 Å². The third-order valence-electron chi connectivity index (χ3n) is 5.02. The van der Waals surface area contributed by atoms with Crippen molar-refractivity contribution >= 4 is 17.2 Å². The lowest BCUT2D eigenvalue weighted by Gasteiger charge is -2.41. The zero-order valence-corrected chi connectivity index (χ0v) is 16.5. The van der Waals surface area contributed by atoms with Crippen LogP contribution in [0.5, 0.6) is 0 Å². The molecule has 5 heteroatoms. The molecule has 4 nitrogen and oxygen atoms in total. The van der Waals surface area contributed by atoms with Crippen LogP contribution in [-0.2, 0) is 22.7 Å². The van der Waals surface area contributed by atoms with Gasteiger partial charge in [0, 0.05) is 31.4 Å². The molecule has 1 aliphatic heterocycles. The van der Waals surface area contributed by atoms with E-state index in [9.17, 15) is 4.79 Å². The highest BCUT2D eigenvalue weighted by Crippen LogP contribution is 2.24. The van der Waals surface area contributed by atoms with E-state index in [2.05, 4.69) is 29.3 Å². The molecule has 2 heterocycles. The van der Waals surface area contributed by atoms with Crippen molar-refractivity contribution in [3.05, 3.63) is 58.3 Å². The van der Waals surface area contributed by atoms with Gasteiger partial charge in [0.2, 0.25) is 5.91 Å². The maximum atomic E-state index is 12.2. The molecule has 2 aromatic rings.